The van der Waals surface area contributed by atoms with E-state index in [-0.39, 0.29) is 18.6 Å². The van der Waals surface area contributed by atoms with E-state index >= 15 is 0 Å². The molecule has 0 saturated carbocycles. The molecule has 0 unspecified atom stereocenters. The second kappa shape index (κ2) is 8.23. The summed E-state index contributed by atoms with van der Waals surface area (Å²) in [6.07, 6.45) is 0.486. The molecule has 1 aliphatic heterocycles. The summed E-state index contributed by atoms with van der Waals surface area (Å²) in [6.45, 7) is 9.60. The Hall–Kier alpha value is -2.18. The lowest BCUT2D eigenvalue weighted by atomic mass is 9.96. The quantitative estimate of drug-likeness (QED) is 0.725. The van der Waals surface area contributed by atoms with E-state index < -0.39 is 6.10 Å². The van der Waals surface area contributed by atoms with Gasteiger partial charge < -0.3 is 20.4 Å². The van der Waals surface area contributed by atoms with E-state index in [1.165, 1.54) is 11.1 Å². The van der Waals surface area contributed by atoms with Crippen LogP contribution in [-0.4, -0.2) is 39.4 Å². The summed E-state index contributed by atoms with van der Waals surface area (Å²) in [5.41, 5.74) is 4.44. The van der Waals surface area contributed by atoms with E-state index in [9.17, 15) is 10.2 Å². The number of anilines is 2. The van der Waals surface area contributed by atoms with Crippen LogP contribution < -0.4 is 10.2 Å². The van der Waals surface area contributed by atoms with Crippen molar-refractivity contribution in [3.63, 3.8) is 0 Å². The van der Waals surface area contributed by atoms with Crippen molar-refractivity contribution in [1.29, 1.82) is 0 Å². The zero-order valence-electron chi connectivity index (χ0n) is 16.6. The van der Waals surface area contributed by atoms with Gasteiger partial charge in [0.2, 0.25) is 5.95 Å². The molecule has 1 aliphatic rings. The largest absolute Gasteiger partial charge is 0.394 e. The third-order valence-electron chi connectivity index (χ3n) is 5.21. The summed E-state index contributed by atoms with van der Waals surface area (Å²) in [4.78, 5) is 11.4. The van der Waals surface area contributed by atoms with Crippen molar-refractivity contribution in [3.8, 4) is 0 Å². The van der Waals surface area contributed by atoms with Crippen LogP contribution in [0.25, 0.3) is 0 Å². The van der Waals surface area contributed by atoms with Gasteiger partial charge >= 0.3 is 0 Å². The molecule has 2 aromatic rings. The first kappa shape index (κ1) is 19.6. The highest BCUT2D eigenvalue weighted by atomic mass is 16.3. The Morgan fingerprint density at radius 2 is 1.93 bits per heavy atom. The lowest BCUT2D eigenvalue weighted by molar-refractivity contribution is 0.199. The van der Waals surface area contributed by atoms with Gasteiger partial charge in [0.25, 0.3) is 0 Å². The standard InChI is InChI=1S/C21H30N4O2/c1-13(2)19(12-26)23-21-22-14(3)9-20(24-21)25-8-7-17-10-16(15(4)27)5-6-18(17)11-25/h5-6,9-10,13,15,19,26-27H,7-8,11-12H2,1-4H3,(H,22,23,24)/t15-,19-/m1/s1. The average Bonchev–Trinajstić information content (AvgIpc) is 2.64. The van der Waals surface area contributed by atoms with E-state index in [2.05, 4.69) is 41.2 Å². The lowest BCUT2D eigenvalue weighted by Crippen LogP contribution is -2.33. The molecule has 3 rings (SSSR count). The summed E-state index contributed by atoms with van der Waals surface area (Å²) in [5, 5.41) is 22.6. The minimum Gasteiger partial charge on any atom is -0.394 e. The van der Waals surface area contributed by atoms with Crippen LogP contribution in [0.4, 0.5) is 11.8 Å². The van der Waals surface area contributed by atoms with Crippen molar-refractivity contribution < 1.29 is 10.2 Å². The molecule has 146 valence electrons. The smallest absolute Gasteiger partial charge is 0.225 e. The summed E-state index contributed by atoms with van der Waals surface area (Å²) in [5.74, 6) is 1.75. The number of aliphatic hydroxyl groups is 2. The molecule has 27 heavy (non-hydrogen) atoms. The lowest BCUT2D eigenvalue weighted by Gasteiger charge is -2.31. The SMILES string of the molecule is Cc1cc(N2CCc3cc([C@@H](C)O)ccc3C2)nc(N[C@H](CO)C(C)C)n1. The number of hydrogen-bond acceptors (Lipinski definition) is 6. The van der Waals surface area contributed by atoms with Crippen LogP contribution in [0.3, 0.4) is 0 Å². The molecule has 0 bridgehead atoms. The molecule has 0 aliphatic carbocycles. The van der Waals surface area contributed by atoms with Crippen molar-refractivity contribution in [2.45, 2.75) is 52.8 Å². The summed E-state index contributed by atoms with van der Waals surface area (Å²) >= 11 is 0. The minimum absolute atomic E-state index is 0.0486. The van der Waals surface area contributed by atoms with Crippen LogP contribution in [0.15, 0.2) is 24.3 Å². The molecule has 0 spiro atoms. The number of aryl methyl sites for hydroxylation is 1. The van der Waals surface area contributed by atoms with Gasteiger partial charge in [-0.1, -0.05) is 32.0 Å². The molecule has 6 heteroatoms. The van der Waals surface area contributed by atoms with Gasteiger partial charge in [-0.05, 0) is 42.9 Å². The van der Waals surface area contributed by atoms with Crippen LogP contribution in [0.5, 0.6) is 0 Å². The van der Waals surface area contributed by atoms with Gasteiger partial charge in [-0.15, -0.1) is 0 Å². The van der Waals surface area contributed by atoms with Gasteiger partial charge in [0.05, 0.1) is 18.8 Å². The second-order valence-corrected chi connectivity index (χ2v) is 7.74. The van der Waals surface area contributed by atoms with Crippen molar-refractivity contribution in [2.75, 3.05) is 23.4 Å². The Kier molecular flexibility index (Phi) is 5.97. The van der Waals surface area contributed by atoms with E-state index in [4.69, 9.17) is 4.98 Å². The Morgan fingerprint density at radius 3 is 2.59 bits per heavy atom. The highest BCUT2D eigenvalue weighted by Crippen LogP contribution is 2.27. The average molecular weight is 370 g/mol. The normalized spacial score (nSPS) is 16.2. The number of fused-ring (bicyclic) bond motifs is 1. The fraction of sp³-hybridized carbons (Fsp3) is 0.524. The van der Waals surface area contributed by atoms with E-state index in [0.717, 1.165) is 36.6 Å². The predicted octanol–water partition coefficient (Wildman–Crippen LogP) is 2.83. The third kappa shape index (κ3) is 4.57. The zero-order valence-corrected chi connectivity index (χ0v) is 16.6. The van der Waals surface area contributed by atoms with Crippen LogP contribution in [0.1, 0.15) is 49.3 Å². The Morgan fingerprint density at radius 1 is 1.15 bits per heavy atom. The molecule has 0 amide bonds. The topological polar surface area (TPSA) is 81.5 Å². The molecular weight excluding hydrogens is 340 g/mol. The first-order valence-corrected chi connectivity index (χ1v) is 9.65. The fourth-order valence-corrected chi connectivity index (χ4v) is 3.40. The van der Waals surface area contributed by atoms with Crippen LogP contribution in [0.2, 0.25) is 0 Å². The number of nitrogens with zero attached hydrogens (tertiary/aromatic N) is 3. The van der Waals surface area contributed by atoms with Crippen molar-refractivity contribution >= 4 is 11.8 Å². The highest BCUT2D eigenvalue weighted by Gasteiger charge is 2.20. The van der Waals surface area contributed by atoms with Crippen molar-refractivity contribution in [2.24, 2.45) is 5.92 Å². The zero-order chi connectivity index (χ0) is 19.6. The van der Waals surface area contributed by atoms with E-state index in [0.29, 0.717) is 5.95 Å². The number of rotatable bonds is 6. The van der Waals surface area contributed by atoms with E-state index in [1.54, 1.807) is 6.92 Å². The molecule has 3 N–H and O–H groups in total. The Labute approximate surface area is 161 Å². The van der Waals surface area contributed by atoms with Crippen LogP contribution >= 0.6 is 0 Å². The monoisotopic (exact) mass is 370 g/mol. The number of aromatic nitrogens is 2. The first-order valence-electron chi connectivity index (χ1n) is 9.65. The maximum atomic E-state index is 9.80. The molecule has 1 aromatic heterocycles. The molecule has 6 nitrogen and oxygen atoms in total. The molecule has 0 fully saturated rings. The second-order valence-electron chi connectivity index (χ2n) is 7.74. The number of nitrogens with one attached hydrogen (secondary N) is 1. The molecule has 1 aromatic carbocycles. The predicted molar refractivity (Wildman–Crippen MR) is 108 cm³/mol. The maximum absolute atomic E-state index is 9.80. The van der Waals surface area contributed by atoms with Gasteiger partial charge in [-0.3, -0.25) is 0 Å². The third-order valence-corrected chi connectivity index (χ3v) is 5.21. The Bertz CT molecular complexity index is 792. The first-order chi connectivity index (χ1) is 12.9. The molecule has 2 heterocycles. The van der Waals surface area contributed by atoms with Gasteiger partial charge in [0.1, 0.15) is 5.82 Å². The van der Waals surface area contributed by atoms with E-state index in [1.807, 2.05) is 19.1 Å². The summed E-state index contributed by atoms with van der Waals surface area (Å²) in [6, 6.07) is 8.16. The van der Waals surface area contributed by atoms with Crippen LogP contribution in [0, 0.1) is 12.8 Å². The van der Waals surface area contributed by atoms with Gasteiger partial charge in [0.15, 0.2) is 0 Å². The number of benzene rings is 1. The highest BCUT2D eigenvalue weighted by molar-refractivity contribution is 5.49. The Balaban J connectivity index is 1.81. The number of hydrogen-bond donors (Lipinski definition) is 3. The fourth-order valence-electron chi connectivity index (χ4n) is 3.40. The molecule has 0 radical (unpaired) electrons. The minimum atomic E-state index is -0.438. The van der Waals surface area contributed by atoms with Crippen LogP contribution in [-0.2, 0) is 13.0 Å². The van der Waals surface area contributed by atoms with Gasteiger partial charge in [-0.25, -0.2) is 4.98 Å². The summed E-state index contributed by atoms with van der Waals surface area (Å²) < 4.78 is 0. The maximum Gasteiger partial charge on any atom is 0.225 e. The molecule has 0 saturated heterocycles. The molecule has 2 atom stereocenters. The number of aliphatic hydroxyl groups excluding tert-OH is 2. The van der Waals surface area contributed by atoms with Crippen molar-refractivity contribution in [3.05, 3.63) is 46.6 Å². The van der Waals surface area contributed by atoms with Crippen molar-refractivity contribution in [1.82, 2.24) is 9.97 Å². The molecular formula is C21H30N4O2. The summed E-state index contributed by atoms with van der Waals surface area (Å²) in [7, 11) is 0. The van der Waals surface area contributed by atoms with Gasteiger partial charge in [-0.2, -0.15) is 4.98 Å². The van der Waals surface area contributed by atoms with Gasteiger partial charge in [0, 0.05) is 24.8 Å².